The Morgan fingerprint density at radius 3 is 2.45 bits per heavy atom. The van der Waals surface area contributed by atoms with E-state index in [9.17, 15) is 4.79 Å². The lowest BCUT2D eigenvalue weighted by atomic mass is 9.79. The van der Waals surface area contributed by atoms with Crippen LogP contribution in [0.2, 0.25) is 0 Å². The first-order valence-electron chi connectivity index (χ1n) is 10.1. The smallest absolute Gasteiger partial charge is 0.252 e. The van der Waals surface area contributed by atoms with Crippen molar-refractivity contribution in [2.24, 2.45) is 5.41 Å². The summed E-state index contributed by atoms with van der Waals surface area (Å²) >= 11 is 0. The summed E-state index contributed by atoms with van der Waals surface area (Å²) in [6.45, 7) is 3.17. The fraction of sp³-hybridized carbons (Fsp3) is 0.333. The Balaban J connectivity index is 0.00000171. The van der Waals surface area contributed by atoms with Crippen LogP contribution in [0.5, 0.6) is 0 Å². The summed E-state index contributed by atoms with van der Waals surface area (Å²) in [6, 6.07) is 19.7. The Kier molecular flexibility index (Phi) is 9.26. The maximum atomic E-state index is 13.2. The number of amides is 1. The van der Waals surface area contributed by atoms with Crippen LogP contribution in [0.25, 0.3) is 22.2 Å². The Hall–Kier alpha value is -2.18. The zero-order valence-corrected chi connectivity index (χ0v) is 19.2. The molecule has 2 aromatic carbocycles. The van der Waals surface area contributed by atoms with Gasteiger partial charge in [0, 0.05) is 30.0 Å². The van der Waals surface area contributed by atoms with E-state index < -0.39 is 0 Å². The molecule has 4 rings (SSSR count). The number of methoxy groups -OCH3 is 1. The van der Waals surface area contributed by atoms with Gasteiger partial charge in [0.2, 0.25) is 0 Å². The van der Waals surface area contributed by atoms with Crippen molar-refractivity contribution in [1.29, 1.82) is 0 Å². The van der Waals surface area contributed by atoms with Crippen molar-refractivity contribution in [2.75, 3.05) is 33.4 Å². The van der Waals surface area contributed by atoms with Gasteiger partial charge in [-0.15, -0.1) is 24.8 Å². The average Bonchev–Trinajstić information content (AvgIpc) is 2.78. The molecule has 0 radical (unpaired) electrons. The number of hydrogen-bond acceptors (Lipinski definition) is 4. The van der Waals surface area contributed by atoms with Crippen molar-refractivity contribution in [1.82, 2.24) is 15.6 Å². The SMILES string of the molecule is COCC1(CNC(=O)c2cc(-c3ccccc3)nc3ccccc23)CCNCC1.Cl.Cl. The molecule has 5 nitrogen and oxygen atoms in total. The van der Waals surface area contributed by atoms with E-state index in [2.05, 4.69) is 10.6 Å². The second-order valence-electron chi connectivity index (χ2n) is 7.80. The van der Waals surface area contributed by atoms with Crippen LogP contribution in [0.1, 0.15) is 23.2 Å². The van der Waals surface area contributed by atoms with Gasteiger partial charge >= 0.3 is 0 Å². The lowest BCUT2D eigenvalue weighted by Crippen LogP contribution is -2.47. The molecule has 1 aliphatic heterocycles. The molecular formula is C24H29Cl2N3O2. The largest absolute Gasteiger partial charge is 0.384 e. The molecule has 0 saturated carbocycles. The number of rotatable bonds is 6. The lowest BCUT2D eigenvalue weighted by Gasteiger charge is -2.37. The molecule has 0 bridgehead atoms. The van der Waals surface area contributed by atoms with E-state index in [1.165, 1.54) is 0 Å². The number of carbonyl (C=O) groups is 1. The van der Waals surface area contributed by atoms with Crippen molar-refractivity contribution in [3.8, 4) is 11.3 Å². The third kappa shape index (κ3) is 5.74. The first-order chi connectivity index (χ1) is 14.2. The molecule has 0 atom stereocenters. The lowest BCUT2D eigenvalue weighted by molar-refractivity contribution is 0.0512. The predicted octanol–water partition coefficient (Wildman–Crippen LogP) is 4.49. The second kappa shape index (κ2) is 11.4. The fourth-order valence-electron chi connectivity index (χ4n) is 4.12. The highest BCUT2D eigenvalue weighted by Crippen LogP contribution is 2.29. The number of para-hydroxylation sites is 1. The standard InChI is InChI=1S/C24H27N3O2.2ClH/c1-29-17-24(11-13-25-14-12-24)16-26-23(28)20-15-22(18-7-3-2-4-8-18)27-21-10-6-5-9-19(20)21;;/h2-10,15,25H,11-14,16-17H2,1H3,(H,26,28);2*1H. The minimum Gasteiger partial charge on any atom is -0.384 e. The summed E-state index contributed by atoms with van der Waals surface area (Å²) < 4.78 is 5.48. The highest BCUT2D eigenvalue weighted by Gasteiger charge is 2.32. The number of nitrogens with one attached hydrogen (secondary N) is 2. The Morgan fingerprint density at radius 1 is 1.06 bits per heavy atom. The third-order valence-electron chi connectivity index (χ3n) is 5.77. The molecule has 7 heteroatoms. The minimum absolute atomic E-state index is 0. The number of hydrogen-bond donors (Lipinski definition) is 2. The topological polar surface area (TPSA) is 63.2 Å². The van der Waals surface area contributed by atoms with Gasteiger partial charge in [-0.25, -0.2) is 4.98 Å². The van der Waals surface area contributed by atoms with Crippen molar-refractivity contribution < 1.29 is 9.53 Å². The highest BCUT2D eigenvalue weighted by atomic mass is 35.5. The molecule has 166 valence electrons. The predicted molar refractivity (Wildman–Crippen MR) is 130 cm³/mol. The van der Waals surface area contributed by atoms with Crippen LogP contribution in [0.3, 0.4) is 0 Å². The van der Waals surface area contributed by atoms with Crippen LogP contribution in [-0.2, 0) is 4.74 Å². The van der Waals surface area contributed by atoms with Crippen molar-refractivity contribution in [2.45, 2.75) is 12.8 Å². The summed E-state index contributed by atoms with van der Waals surface area (Å²) in [5, 5.41) is 7.45. The number of ether oxygens (including phenoxy) is 1. The number of fused-ring (bicyclic) bond motifs is 1. The maximum Gasteiger partial charge on any atom is 0.252 e. The van der Waals surface area contributed by atoms with E-state index in [1.54, 1.807) is 7.11 Å². The molecule has 1 aromatic heterocycles. The Labute approximate surface area is 195 Å². The van der Waals surface area contributed by atoms with Gasteiger partial charge in [-0.2, -0.15) is 0 Å². The molecule has 3 aromatic rings. The Morgan fingerprint density at radius 2 is 1.74 bits per heavy atom. The van der Waals surface area contributed by atoms with Crippen LogP contribution in [0.15, 0.2) is 60.7 Å². The third-order valence-corrected chi connectivity index (χ3v) is 5.77. The fourth-order valence-corrected chi connectivity index (χ4v) is 4.12. The number of benzene rings is 2. The zero-order chi connectivity index (χ0) is 20.1. The van der Waals surface area contributed by atoms with Crippen LogP contribution >= 0.6 is 24.8 Å². The van der Waals surface area contributed by atoms with Crippen molar-refractivity contribution >= 4 is 41.6 Å². The Bertz CT molecular complexity index is 987. The van der Waals surface area contributed by atoms with Gasteiger partial charge in [-0.3, -0.25) is 4.79 Å². The number of halogens is 2. The summed E-state index contributed by atoms with van der Waals surface area (Å²) in [4.78, 5) is 18.0. The van der Waals surface area contributed by atoms with E-state index >= 15 is 0 Å². The van der Waals surface area contributed by atoms with Gasteiger partial charge in [-0.1, -0.05) is 48.5 Å². The first kappa shape index (κ1) is 25.1. The van der Waals surface area contributed by atoms with Gasteiger partial charge in [0.15, 0.2) is 0 Å². The van der Waals surface area contributed by atoms with Crippen molar-refractivity contribution in [3.05, 3.63) is 66.2 Å². The normalized spacial score (nSPS) is 14.9. The molecule has 1 saturated heterocycles. The number of aromatic nitrogens is 1. The average molecular weight is 462 g/mol. The maximum absolute atomic E-state index is 13.2. The van der Waals surface area contributed by atoms with E-state index in [4.69, 9.17) is 9.72 Å². The summed E-state index contributed by atoms with van der Waals surface area (Å²) in [7, 11) is 1.73. The molecule has 2 N–H and O–H groups in total. The van der Waals surface area contributed by atoms with Crippen LogP contribution in [0, 0.1) is 5.41 Å². The zero-order valence-electron chi connectivity index (χ0n) is 17.6. The van der Waals surface area contributed by atoms with Gasteiger partial charge < -0.3 is 15.4 Å². The number of nitrogens with zero attached hydrogens (tertiary/aromatic N) is 1. The second-order valence-corrected chi connectivity index (χ2v) is 7.80. The van der Waals surface area contributed by atoms with Crippen molar-refractivity contribution in [3.63, 3.8) is 0 Å². The van der Waals surface area contributed by atoms with E-state index in [1.807, 2.05) is 60.7 Å². The van der Waals surface area contributed by atoms with Crippen LogP contribution in [0.4, 0.5) is 0 Å². The van der Waals surface area contributed by atoms with Crippen LogP contribution in [-0.4, -0.2) is 44.2 Å². The molecule has 1 amide bonds. The van der Waals surface area contributed by atoms with E-state index in [0.29, 0.717) is 18.7 Å². The van der Waals surface area contributed by atoms with Crippen LogP contribution < -0.4 is 10.6 Å². The molecule has 1 aliphatic rings. The van der Waals surface area contributed by atoms with Gasteiger partial charge in [-0.05, 0) is 38.1 Å². The summed E-state index contributed by atoms with van der Waals surface area (Å²) in [6.07, 6.45) is 1.99. The number of piperidine rings is 1. The monoisotopic (exact) mass is 461 g/mol. The van der Waals surface area contributed by atoms with Gasteiger partial charge in [0.25, 0.3) is 5.91 Å². The van der Waals surface area contributed by atoms with E-state index in [-0.39, 0.29) is 36.1 Å². The minimum atomic E-state index is -0.0604. The molecule has 1 fully saturated rings. The highest BCUT2D eigenvalue weighted by molar-refractivity contribution is 6.07. The molecule has 2 heterocycles. The summed E-state index contributed by atoms with van der Waals surface area (Å²) in [5.74, 6) is -0.0604. The number of carbonyl (C=O) groups excluding carboxylic acids is 1. The van der Waals surface area contributed by atoms with Gasteiger partial charge in [0.05, 0.1) is 23.4 Å². The number of pyridine rings is 1. The molecule has 0 aliphatic carbocycles. The quantitative estimate of drug-likeness (QED) is 0.567. The van der Waals surface area contributed by atoms with Gasteiger partial charge in [0.1, 0.15) is 0 Å². The van der Waals surface area contributed by atoms with E-state index in [0.717, 1.165) is 48.1 Å². The molecular weight excluding hydrogens is 433 g/mol. The summed E-state index contributed by atoms with van der Waals surface area (Å²) in [5.41, 5.74) is 3.29. The first-order valence-corrected chi connectivity index (χ1v) is 10.1. The molecule has 0 unspecified atom stereocenters. The molecule has 31 heavy (non-hydrogen) atoms. The molecule has 0 spiro atoms.